The summed E-state index contributed by atoms with van der Waals surface area (Å²) in [4.78, 5) is 13.6. The molecule has 1 atom stereocenters. The molecule has 0 saturated heterocycles. The third-order valence-electron chi connectivity index (χ3n) is 2.53. The fraction of sp³-hybridized carbons (Fsp3) is 0.364. The van der Waals surface area contributed by atoms with Gasteiger partial charge in [-0.25, -0.2) is 0 Å². The predicted octanol–water partition coefficient (Wildman–Crippen LogP) is 1.56. The fourth-order valence-electron chi connectivity index (χ4n) is 1.54. The highest BCUT2D eigenvalue weighted by molar-refractivity contribution is 7.14. The molecule has 2 heterocycles. The zero-order valence-electron chi connectivity index (χ0n) is 9.73. The van der Waals surface area contributed by atoms with Crippen LogP contribution in [0.4, 0.5) is 0 Å². The van der Waals surface area contributed by atoms with Crippen LogP contribution in [-0.4, -0.2) is 22.2 Å². The number of nitrogens with one attached hydrogen (secondary N) is 2. The van der Waals surface area contributed by atoms with Crippen LogP contribution in [0.25, 0.3) is 10.6 Å². The maximum absolute atomic E-state index is 11.0. The van der Waals surface area contributed by atoms with E-state index in [0.717, 1.165) is 22.0 Å². The molecule has 0 bridgehead atoms. The summed E-state index contributed by atoms with van der Waals surface area (Å²) in [6.07, 6.45) is 2.63. The summed E-state index contributed by atoms with van der Waals surface area (Å²) in [5, 5.41) is 13.3. The molecular formula is C11H14N4OS. The van der Waals surface area contributed by atoms with E-state index in [1.807, 2.05) is 7.05 Å². The Kier molecular flexibility index (Phi) is 3.65. The number of hydrogen-bond acceptors (Lipinski definition) is 5. The molecule has 0 aliphatic carbocycles. The number of hydrogen-bond donors (Lipinski definition) is 2. The Morgan fingerprint density at radius 1 is 1.47 bits per heavy atom. The van der Waals surface area contributed by atoms with Gasteiger partial charge in [0.15, 0.2) is 0 Å². The number of aromatic nitrogens is 3. The molecule has 0 aliphatic heterocycles. The first-order valence-electron chi connectivity index (χ1n) is 5.44. The molecule has 6 heteroatoms. The Balaban J connectivity index is 2.29. The first-order valence-corrected chi connectivity index (χ1v) is 6.26. The van der Waals surface area contributed by atoms with Gasteiger partial charge in [-0.05, 0) is 19.5 Å². The number of pyridine rings is 1. The van der Waals surface area contributed by atoms with E-state index in [2.05, 4.69) is 27.4 Å². The lowest BCUT2D eigenvalue weighted by Gasteiger charge is -2.07. The van der Waals surface area contributed by atoms with E-state index < -0.39 is 0 Å². The molecule has 0 aliphatic rings. The van der Waals surface area contributed by atoms with Gasteiger partial charge in [0.2, 0.25) is 5.56 Å². The molecule has 90 valence electrons. The normalized spacial score (nSPS) is 12.6. The van der Waals surface area contributed by atoms with E-state index in [-0.39, 0.29) is 11.6 Å². The number of H-pyrrole nitrogens is 1. The Bertz CT molecular complexity index is 524. The summed E-state index contributed by atoms with van der Waals surface area (Å²) in [6, 6.07) is 3.49. The van der Waals surface area contributed by atoms with Crippen LogP contribution in [0.3, 0.4) is 0 Å². The molecule has 2 N–H and O–H groups in total. The molecule has 5 nitrogen and oxygen atoms in total. The van der Waals surface area contributed by atoms with Crippen molar-refractivity contribution < 1.29 is 0 Å². The van der Waals surface area contributed by atoms with Crippen LogP contribution < -0.4 is 10.9 Å². The van der Waals surface area contributed by atoms with Gasteiger partial charge < -0.3 is 10.3 Å². The Hall–Kier alpha value is -1.53. The van der Waals surface area contributed by atoms with Gasteiger partial charge in [0, 0.05) is 17.8 Å². The summed E-state index contributed by atoms with van der Waals surface area (Å²) < 4.78 is 0. The van der Waals surface area contributed by atoms with E-state index in [4.69, 9.17) is 0 Å². The van der Waals surface area contributed by atoms with Crippen LogP contribution in [0.1, 0.15) is 24.4 Å². The largest absolute Gasteiger partial charge is 0.328 e. The second-order valence-electron chi connectivity index (χ2n) is 3.64. The Morgan fingerprint density at radius 3 is 2.88 bits per heavy atom. The minimum atomic E-state index is -0.111. The molecule has 0 saturated carbocycles. The lowest BCUT2D eigenvalue weighted by molar-refractivity contribution is 0.568. The topological polar surface area (TPSA) is 70.7 Å². The highest BCUT2D eigenvalue weighted by atomic mass is 32.1. The molecular weight excluding hydrogens is 236 g/mol. The third kappa shape index (κ3) is 2.59. The lowest BCUT2D eigenvalue weighted by Crippen LogP contribution is -2.14. The van der Waals surface area contributed by atoms with Gasteiger partial charge in [-0.1, -0.05) is 18.3 Å². The highest BCUT2D eigenvalue weighted by Crippen LogP contribution is 2.26. The molecule has 2 aromatic rings. The molecule has 0 aromatic carbocycles. The van der Waals surface area contributed by atoms with Crippen molar-refractivity contribution in [3.8, 4) is 10.6 Å². The van der Waals surface area contributed by atoms with Crippen molar-refractivity contribution in [1.29, 1.82) is 0 Å². The molecule has 17 heavy (non-hydrogen) atoms. The summed E-state index contributed by atoms with van der Waals surface area (Å²) in [5.41, 5.74) is 0.777. The zero-order chi connectivity index (χ0) is 12.3. The molecule has 2 rings (SSSR count). The average Bonchev–Trinajstić information content (AvgIpc) is 2.81. The maximum Gasteiger partial charge on any atom is 0.247 e. The molecule has 0 spiro atoms. The van der Waals surface area contributed by atoms with E-state index >= 15 is 0 Å². The smallest absolute Gasteiger partial charge is 0.247 e. The first-order chi connectivity index (χ1) is 8.24. The summed E-state index contributed by atoms with van der Waals surface area (Å²) in [7, 11) is 1.91. The van der Waals surface area contributed by atoms with Gasteiger partial charge in [0.1, 0.15) is 10.0 Å². The number of aromatic amines is 1. The second-order valence-corrected chi connectivity index (χ2v) is 4.65. The Morgan fingerprint density at radius 2 is 2.29 bits per heavy atom. The number of nitrogens with zero attached hydrogens (tertiary/aromatic N) is 2. The SMILES string of the molecule is CCC(NC)c1nnc(-c2ccc(=O)[nH]c2)s1. The van der Waals surface area contributed by atoms with Gasteiger partial charge in [0.25, 0.3) is 0 Å². The van der Waals surface area contributed by atoms with Crippen molar-refractivity contribution in [1.82, 2.24) is 20.5 Å². The molecule has 2 aromatic heterocycles. The summed E-state index contributed by atoms with van der Waals surface area (Å²) >= 11 is 1.54. The van der Waals surface area contributed by atoms with Crippen LogP contribution in [0.5, 0.6) is 0 Å². The van der Waals surface area contributed by atoms with Crippen LogP contribution in [0, 0.1) is 0 Å². The monoisotopic (exact) mass is 250 g/mol. The van der Waals surface area contributed by atoms with Gasteiger partial charge in [-0.2, -0.15) is 0 Å². The summed E-state index contributed by atoms with van der Waals surface area (Å²) in [5.74, 6) is 0. The van der Waals surface area contributed by atoms with Crippen molar-refractivity contribution in [3.63, 3.8) is 0 Å². The standard InChI is InChI=1S/C11H14N4OS/c1-3-8(12-2)11-15-14-10(17-11)7-4-5-9(16)13-6-7/h4-6,8,12H,3H2,1-2H3,(H,13,16). The first kappa shape index (κ1) is 11.9. The zero-order valence-corrected chi connectivity index (χ0v) is 10.5. The van der Waals surface area contributed by atoms with Crippen molar-refractivity contribution in [2.24, 2.45) is 0 Å². The quantitative estimate of drug-likeness (QED) is 0.864. The van der Waals surface area contributed by atoms with Gasteiger partial charge in [-0.3, -0.25) is 4.79 Å². The molecule has 0 fully saturated rings. The highest BCUT2D eigenvalue weighted by Gasteiger charge is 2.13. The van der Waals surface area contributed by atoms with E-state index in [0.29, 0.717) is 0 Å². The van der Waals surface area contributed by atoms with Gasteiger partial charge in [-0.15, -0.1) is 10.2 Å². The van der Waals surface area contributed by atoms with Gasteiger partial charge in [0.05, 0.1) is 6.04 Å². The van der Waals surface area contributed by atoms with E-state index in [1.54, 1.807) is 23.6 Å². The summed E-state index contributed by atoms with van der Waals surface area (Å²) in [6.45, 7) is 2.10. The minimum absolute atomic E-state index is 0.111. The average molecular weight is 250 g/mol. The van der Waals surface area contributed by atoms with Crippen molar-refractivity contribution in [2.75, 3.05) is 7.05 Å². The second kappa shape index (κ2) is 5.20. The van der Waals surface area contributed by atoms with Crippen molar-refractivity contribution in [3.05, 3.63) is 33.7 Å². The van der Waals surface area contributed by atoms with E-state index in [1.165, 1.54) is 6.07 Å². The molecule has 0 radical (unpaired) electrons. The van der Waals surface area contributed by atoms with Crippen molar-refractivity contribution >= 4 is 11.3 Å². The third-order valence-corrected chi connectivity index (χ3v) is 3.61. The Labute approximate surface area is 103 Å². The van der Waals surface area contributed by atoms with Crippen molar-refractivity contribution in [2.45, 2.75) is 19.4 Å². The molecule has 0 amide bonds. The van der Waals surface area contributed by atoms with E-state index in [9.17, 15) is 4.79 Å². The number of rotatable bonds is 4. The molecule has 1 unspecified atom stereocenters. The van der Waals surface area contributed by atoms with Gasteiger partial charge >= 0.3 is 0 Å². The predicted molar refractivity (Wildman–Crippen MR) is 68.1 cm³/mol. The van der Waals surface area contributed by atoms with Crippen LogP contribution in [0.15, 0.2) is 23.1 Å². The lowest BCUT2D eigenvalue weighted by atomic mass is 10.2. The fourth-order valence-corrected chi connectivity index (χ4v) is 2.57. The van der Waals surface area contributed by atoms with Crippen LogP contribution >= 0.6 is 11.3 Å². The minimum Gasteiger partial charge on any atom is -0.328 e. The van der Waals surface area contributed by atoms with Crippen LogP contribution in [0.2, 0.25) is 0 Å². The van der Waals surface area contributed by atoms with Crippen LogP contribution in [-0.2, 0) is 0 Å². The maximum atomic E-state index is 11.0.